The zero-order chi connectivity index (χ0) is 23.6. The SMILES string of the molecule is CC(=NNc1cc(NN=C(C)c2ccncc2)nc(CSc2ccccc2)n1)c1ccncc1. The Kier molecular flexibility index (Phi) is 7.91. The molecule has 0 atom stereocenters. The maximum atomic E-state index is 4.64. The van der Waals surface area contributed by atoms with E-state index in [0.29, 0.717) is 23.2 Å². The van der Waals surface area contributed by atoms with Gasteiger partial charge in [0.15, 0.2) is 11.6 Å². The highest BCUT2D eigenvalue weighted by Gasteiger charge is 2.07. The quantitative estimate of drug-likeness (QED) is 0.197. The normalized spacial score (nSPS) is 11.8. The molecule has 0 unspecified atom stereocenters. The van der Waals surface area contributed by atoms with Crippen molar-refractivity contribution in [3.8, 4) is 0 Å². The summed E-state index contributed by atoms with van der Waals surface area (Å²) in [5.41, 5.74) is 9.70. The van der Waals surface area contributed by atoms with Crippen LogP contribution in [-0.4, -0.2) is 31.4 Å². The van der Waals surface area contributed by atoms with Crippen LogP contribution in [0.3, 0.4) is 0 Å². The van der Waals surface area contributed by atoms with Crippen LogP contribution >= 0.6 is 11.8 Å². The molecule has 0 saturated carbocycles. The van der Waals surface area contributed by atoms with Crippen molar-refractivity contribution in [2.45, 2.75) is 24.5 Å². The largest absolute Gasteiger partial charge is 0.265 e. The molecule has 170 valence electrons. The number of anilines is 2. The second kappa shape index (κ2) is 11.7. The van der Waals surface area contributed by atoms with Crippen molar-refractivity contribution in [2.24, 2.45) is 10.2 Å². The molecule has 4 rings (SSSR count). The van der Waals surface area contributed by atoms with Gasteiger partial charge in [-0.2, -0.15) is 10.2 Å². The highest BCUT2D eigenvalue weighted by atomic mass is 32.2. The van der Waals surface area contributed by atoms with E-state index in [1.54, 1.807) is 42.6 Å². The van der Waals surface area contributed by atoms with Crippen LogP contribution in [0.4, 0.5) is 11.6 Å². The van der Waals surface area contributed by atoms with Gasteiger partial charge >= 0.3 is 0 Å². The summed E-state index contributed by atoms with van der Waals surface area (Å²) >= 11 is 1.67. The first-order valence-electron chi connectivity index (χ1n) is 10.6. The van der Waals surface area contributed by atoms with Crippen LogP contribution in [0.5, 0.6) is 0 Å². The zero-order valence-electron chi connectivity index (χ0n) is 18.9. The van der Waals surface area contributed by atoms with Gasteiger partial charge in [-0.25, -0.2) is 9.97 Å². The van der Waals surface area contributed by atoms with Crippen LogP contribution in [0.2, 0.25) is 0 Å². The molecule has 0 spiro atoms. The fourth-order valence-corrected chi connectivity index (χ4v) is 3.71. The Bertz CT molecular complexity index is 1190. The number of nitrogens with zero attached hydrogens (tertiary/aromatic N) is 6. The van der Waals surface area contributed by atoms with Gasteiger partial charge in [-0.1, -0.05) is 18.2 Å². The van der Waals surface area contributed by atoms with Gasteiger partial charge in [-0.15, -0.1) is 11.8 Å². The molecule has 0 saturated heterocycles. The minimum atomic E-state index is 0.575. The molecule has 0 aliphatic rings. The fourth-order valence-electron chi connectivity index (χ4n) is 2.94. The molecule has 0 aliphatic heterocycles. The lowest BCUT2D eigenvalue weighted by Crippen LogP contribution is -2.06. The number of hydrazone groups is 2. The second-order valence-corrected chi connectivity index (χ2v) is 8.29. The summed E-state index contributed by atoms with van der Waals surface area (Å²) < 4.78 is 0. The molecular formula is C25H24N8S. The van der Waals surface area contributed by atoms with Crippen molar-refractivity contribution in [1.29, 1.82) is 0 Å². The highest BCUT2D eigenvalue weighted by Crippen LogP contribution is 2.22. The molecule has 2 N–H and O–H groups in total. The molecular weight excluding hydrogens is 444 g/mol. The van der Waals surface area contributed by atoms with Crippen LogP contribution in [0.25, 0.3) is 0 Å². The molecule has 3 aromatic heterocycles. The minimum Gasteiger partial charge on any atom is -0.265 e. The number of benzene rings is 1. The molecule has 0 aliphatic carbocycles. The Hall–Kier alpha value is -4.11. The Balaban J connectivity index is 1.55. The first kappa shape index (κ1) is 23.1. The molecule has 0 radical (unpaired) electrons. The maximum absolute atomic E-state index is 4.64. The van der Waals surface area contributed by atoms with E-state index in [2.05, 4.69) is 53.1 Å². The average Bonchev–Trinajstić information content (AvgIpc) is 2.90. The molecule has 0 amide bonds. The minimum absolute atomic E-state index is 0.575. The van der Waals surface area contributed by atoms with Gasteiger partial charge in [0.05, 0.1) is 17.2 Å². The van der Waals surface area contributed by atoms with E-state index in [0.717, 1.165) is 27.4 Å². The standard InChI is InChI=1S/C25H24N8S/c1-18(20-8-12-26-13-9-20)30-32-23-16-24(33-31-19(2)21-10-14-27-15-11-21)29-25(28-23)17-34-22-6-4-3-5-7-22/h3-16H,17H2,1-2H3,(H2,28,29,32,33). The lowest BCUT2D eigenvalue weighted by Gasteiger charge is -2.09. The van der Waals surface area contributed by atoms with Crippen LogP contribution < -0.4 is 10.9 Å². The lowest BCUT2D eigenvalue weighted by atomic mass is 10.2. The fraction of sp³-hybridized carbons (Fsp3) is 0.120. The summed E-state index contributed by atoms with van der Waals surface area (Å²) in [6, 6.07) is 19.6. The van der Waals surface area contributed by atoms with E-state index in [9.17, 15) is 0 Å². The van der Waals surface area contributed by atoms with Gasteiger partial charge in [-0.05, 0) is 50.2 Å². The first-order chi connectivity index (χ1) is 16.7. The van der Waals surface area contributed by atoms with Crippen LogP contribution in [0.1, 0.15) is 30.8 Å². The number of aromatic nitrogens is 4. The molecule has 3 heterocycles. The van der Waals surface area contributed by atoms with E-state index in [-0.39, 0.29) is 0 Å². The molecule has 9 heteroatoms. The molecule has 8 nitrogen and oxygen atoms in total. The summed E-state index contributed by atoms with van der Waals surface area (Å²) in [7, 11) is 0. The third-order valence-corrected chi connectivity index (χ3v) is 5.76. The monoisotopic (exact) mass is 468 g/mol. The summed E-state index contributed by atoms with van der Waals surface area (Å²) in [5, 5.41) is 8.96. The molecule has 34 heavy (non-hydrogen) atoms. The Morgan fingerprint density at radius 1 is 0.735 bits per heavy atom. The van der Waals surface area contributed by atoms with Crippen molar-refractivity contribution in [1.82, 2.24) is 19.9 Å². The van der Waals surface area contributed by atoms with Crippen molar-refractivity contribution >= 4 is 34.8 Å². The summed E-state index contributed by atoms with van der Waals surface area (Å²) in [4.78, 5) is 18.5. The van der Waals surface area contributed by atoms with E-state index in [4.69, 9.17) is 0 Å². The average molecular weight is 469 g/mol. The number of thioether (sulfide) groups is 1. The van der Waals surface area contributed by atoms with E-state index >= 15 is 0 Å². The topological polar surface area (TPSA) is 100 Å². The first-order valence-corrected chi connectivity index (χ1v) is 11.6. The predicted octanol–water partition coefficient (Wildman–Crippen LogP) is 5.23. The Morgan fingerprint density at radius 2 is 1.24 bits per heavy atom. The second-order valence-electron chi connectivity index (χ2n) is 7.25. The summed E-state index contributed by atoms with van der Waals surface area (Å²) in [6.07, 6.45) is 6.96. The molecule has 0 fully saturated rings. The lowest BCUT2D eigenvalue weighted by molar-refractivity contribution is 1.02. The number of hydrogen-bond acceptors (Lipinski definition) is 9. The van der Waals surface area contributed by atoms with Crippen LogP contribution in [-0.2, 0) is 5.75 Å². The van der Waals surface area contributed by atoms with Gasteiger partial charge < -0.3 is 0 Å². The van der Waals surface area contributed by atoms with Crippen LogP contribution in [0, 0.1) is 0 Å². The van der Waals surface area contributed by atoms with Gasteiger partial charge in [0, 0.05) is 46.9 Å². The molecule has 4 aromatic rings. The summed E-state index contributed by atoms with van der Waals surface area (Å²) in [5.74, 6) is 2.42. The van der Waals surface area contributed by atoms with Gasteiger partial charge in [0.2, 0.25) is 0 Å². The molecule has 0 bridgehead atoms. The zero-order valence-corrected chi connectivity index (χ0v) is 19.7. The predicted molar refractivity (Wildman–Crippen MR) is 138 cm³/mol. The van der Waals surface area contributed by atoms with E-state index in [1.807, 2.05) is 56.3 Å². The van der Waals surface area contributed by atoms with Gasteiger partial charge in [0.25, 0.3) is 0 Å². The number of nitrogens with one attached hydrogen (secondary N) is 2. The van der Waals surface area contributed by atoms with Crippen molar-refractivity contribution in [3.63, 3.8) is 0 Å². The summed E-state index contributed by atoms with van der Waals surface area (Å²) in [6.45, 7) is 3.86. The third-order valence-electron chi connectivity index (χ3n) is 4.76. The number of rotatable bonds is 9. The van der Waals surface area contributed by atoms with Crippen LogP contribution in [0.15, 0.2) is 101 Å². The third kappa shape index (κ3) is 6.69. The number of hydrogen-bond donors (Lipinski definition) is 2. The van der Waals surface area contributed by atoms with Crippen molar-refractivity contribution in [3.05, 3.63) is 102 Å². The van der Waals surface area contributed by atoms with Gasteiger partial charge in [0.1, 0.15) is 5.82 Å². The Labute approximate surface area is 202 Å². The van der Waals surface area contributed by atoms with E-state index < -0.39 is 0 Å². The van der Waals surface area contributed by atoms with E-state index in [1.165, 1.54) is 0 Å². The Morgan fingerprint density at radius 3 is 1.74 bits per heavy atom. The smallest absolute Gasteiger partial charge is 0.152 e. The maximum Gasteiger partial charge on any atom is 0.152 e. The highest BCUT2D eigenvalue weighted by molar-refractivity contribution is 7.98. The number of pyridine rings is 2. The van der Waals surface area contributed by atoms with Gasteiger partial charge in [-0.3, -0.25) is 20.8 Å². The van der Waals surface area contributed by atoms with Crippen molar-refractivity contribution in [2.75, 3.05) is 10.9 Å². The van der Waals surface area contributed by atoms with Crippen molar-refractivity contribution < 1.29 is 0 Å². The molecule has 1 aromatic carbocycles.